The number of halogens is 2. The standard InChI is InChI=1S/C10H15NOSi.2ClH.Ti/c1-13(2,3)11-8-9-6-4-5-7-10(9)12;;;/h4-8,12H,1-3H3;2*1H;/q;;;+2/p-2. The second-order valence-electron chi connectivity index (χ2n) is 4.06. The van der Waals surface area contributed by atoms with Gasteiger partial charge >= 0.3 is 35.6 Å². The summed E-state index contributed by atoms with van der Waals surface area (Å²) in [5, 5.41) is 9.43. The number of phenols is 1. The number of aromatic hydroxyl groups is 1. The third-order valence-corrected chi connectivity index (χ3v) is 2.43. The summed E-state index contributed by atoms with van der Waals surface area (Å²) in [4.78, 5) is 0. The molecule has 0 aliphatic rings. The van der Waals surface area contributed by atoms with Crippen LogP contribution in [0.1, 0.15) is 5.56 Å². The van der Waals surface area contributed by atoms with Gasteiger partial charge in [-0.05, 0) is 31.8 Å². The normalized spacial score (nSPS) is 10.8. The summed E-state index contributed by atoms with van der Waals surface area (Å²) in [5.41, 5.74) is 0.796. The van der Waals surface area contributed by atoms with Crippen LogP contribution in [0.3, 0.4) is 0 Å². The van der Waals surface area contributed by atoms with Gasteiger partial charge in [0.15, 0.2) is 8.24 Å². The predicted octanol–water partition coefficient (Wildman–Crippen LogP) is 4.02. The van der Waals surface area contributed by atoms with E-state index in [1.54, 1.807) is 18.3 Å². The molecular formula is C10H15Cl2NOSiTi. The zero-order valence-electron chi connectivity index (χ0n) is 9.54. The Bertz CT molecular complexity index is 342. The van der Waals surface area contributed by atoms with E-state index in [4.69, 9.17) is 18.6 Å². The first-order valence-corrected chi connectivity index (χ1v) is 12.4. The van der Waals surface area contributed by atoms with Crippen LogP contribution in [0, 0.1) is 0 Å². The minimum absolute atomic E-state index is 0.296. The Labute approximate surface area is 114 Å². The molecule has 0 aromatic heterocycles. The number of rotatable bonds is 2. The van der Waals surface area contributed by atoms with Gasteiger partial charge in [0.25, 0.3) is 0 Å². The van der Waals surface area contributed by atoms with Crippen molar-refractivity contribution >= 4 is 33.1 Å². The van der Waals surface area contributed by atoms with E-state index < -0.39 is 25.3 Å². The maximum atomic E-state index is 9.43. The van der Waals surface area contributed by atoms with Crippen LogP contribution in [0.5, 0.6) is 5.75 Å². The minimum atomic E-state index is -1.40. The second-order valence-corrected chi connectivity index (χ2v) is 11.2. The predicted molar refractivity (Wildman–Crippen MR) is 70.8 cm³/mol. The quantitative estimate of drug-likeness (QED) is 0.649. The molecule has 0 saturated carbocycles. The molecule has 1 N–H and O–H groups in total. The third-order valence-electron chi connectivity index (χ3n) is 1.53. The number of para-hydroxylation sites is 1. The number of hydrogen-bond donors (Lipinski definition) is 1. The number of nitrogens with zero attached hydrogens (tertiary/aromatic N) is 1. The summed E-state index contributed by atoms with van der Waals surface area (Å²) in [6.45, 7) is 6.47. The number of phenolic OH excluding ortho intramolecular Hbond substituents is 1. The number of benzene rings is 1. The Morgan fingerprint density at radius 2 is 1.75 bits per heavy atom. The van der Waals surface area contributed by atoms with Crippen LogP contribution in [-0.4, -0.2) is 19.6 Å². The van der Waals surface area contributed by atoms with Crippen molar-refractivity contribution in [2.45, 2.75) is 19.6 Å². The molecule has 2 nitrogen and oxygen atoms in total. The summed E-state index contributed by atoms with van der Waals surface area (Å²) in [6, 6.07) is 7.23. The molecule has 0 saturated heterocycles. The van der Waals surface area contributed by atoms with Crippen LogP contribution >= 0.6 is 18.6 Å². The molecule has 0 fully saturated rings. The average Bonchev–Trinajstić information content (AvgIpc) is 2.16. The molecule has 0 aliphatic heterocycles. The van der Waals surface area contributed by atoms with E-state index in [2.05, 4.69) is 24.3 Å². The molecule has 1 aromatic rings. The molecule has 0 amide bonds. The molecule has 0 aliphatic carbocycles. The van der Waals surface area contributed by atoms with Crippen LogP contribution in [-0.2, 0) is 17.0 Å². The summed E-state index contributed by atoms with van der Waals surface area (Å²) in [6.07, 6.45) is 1.77. The van der Waals surface area contributed by atoms with Crippen molar-refractivity contribution in [1.82, 2.24) is 0 Å². The van der Waals surface area contributed by atoms with Crippen molar-refractivity contribution in [3.05, 3.63) is 29.8 Å². The van der Waals surface area contributed by atoms with Gasteiger partial charge in [0.2, 0.25) is 0 Å². The molecule has 6 heteroatoms. The Hall–Kier alpha value is 0.201. The molecule has 1 aromatic carbocycles. The van der Waals surface area contributed by atoms with Crippen molar-refractivity contribution in [2.75, 3.05) is 0 Å². The van der Waals surface area contributed by atoms with Gasteiger partial charge in [-0.15, -0.1) is 0 Å². The SMILES string of the molecule is C[Si](C)(C)N=Cc1ccccc1O.[Cl][Ti][Cl]. The first-order chi connectivity index (χ1) is 7.40. The van der Waals surface area contributed by atoms with Crippen molar-refractivity contribution in [3.8, 4) is 5.75 Å². The van der Waals surface area contributed by atoms with Gasteiger partial charge in [0, 0.05) is 11.8 Å². The Morgan fingerprint density at radius 3 is 2.19 bits per heavy atom. The summed E-state index contributed by atoms with van der Waals surface area (Å²) < 4.78 is 4.44. The molecule has 0 bridgehead atoms. The van der Waals surface area contributed by atoms with Crippen LogP contribution < -0.4 is 0 Å². The van der Waals surface area contributed by atoms with Crippen LogP contribution in [0.15, 0.2) is 28.9 Å². The Kier molecular flexibility index (Phi) is 8.42. The van der Waals surface area contributed by atoms with Crippen molar-refractivity contribution in [1.29, 1.82) is 0 Å². The Balaban J connectivity index is 0.000000673. The fourth-order valence-corrected chi connectivity index (χ4v) is 1.39. The Morgan fingerprint density at radius 1 is 1.25 bits per heavy atom. The van der Waals surface area contributed by atoms with Crippen LogP contribution in [0.4, 0.5) is 0 Å². The van der Waals surface area contributed by atoms with E-state index in [1.807, 2.05) is 12.1 Å². The molecule has 1 rings (SSSR count). The zero-order chi connectivity index (χ0) is 12.6. The fourth-order valence-electron chi connectivity index (χ4n) is 0.860. The molecule has 0 spiro atoms. The summed E-state index contributed by atoms with van der Waals surface area (Å²) >= 11 is -0.556. The van der Waals surface area contributed by atoms with E-state index in [0.29, 0.717) is 5.75 Å². The van der Waals surface area contributed by atoms with Crippen LogP contribution in [0.25, 0.3) is 0 Å². The molecule has 16 heavy (non-hydrogen) atoms. The monoisotopic (exact) mass is 311 g/mol. The topological polar surface area (TPSA) is 32.6 Å². The van der Waals surface area contributed by atoms with Crippen LogP contribution in [0.2, 0.25) is 19.6 Å². The second kappa shape index (κ2) is 8.32. The van der Waals surface area contributed by atoms with Crippen molar-refractivity contribution in [3.63, 3.8) is 0 Å². The van der Waals surface area contributed by atoms with E-state index >= 15 is 0 Å². The molecule has 0 atom stereocenters. The maximum absolute atomic E-state index is 9.43. The molecular weight excluding hydrogens is 297 g/mol. The van der Waals surface area contributed by atoms with Crippen molar-refractivity contribution in [2.24, 2.45) is 4.66 Å². The average molecular weight is 312 g/mol. The fraction of sp³-hybridized carbons (Fsp3) is 0.300. The van der Waals surface area contributed by atoms with E-state index in [1.165, 1.54) is 0 Å². The third kappa shape index (κ3) is 8.36. The summed E-state index contributed by atoms with van der Waals surface area (Å²) in [7, 11) is 8.37. The van der Waals surface area contributed by atoms with Gasteiger partial charge in [0.1, 0.15) is 5.75 Å². The molecule has 0 unspecified atom stereocenters. The first-order valence-electron chi connectivity index (χ1n) is 4.70. The van der Waals surface area contributed by atoms with E-state index in [0.717, 1.165) is 5.56 Å². The van der Waals surface area contributed by atoms with Gasteiger partial charge in [-0.25, -0.2) is 0 Å². The van der Waals surface area contributed by atoms with Gasteiger partial charge in [-0.3, -0.25) is 0 Å². The van der Waals surface area contributed by atoms with Gasteiger partial charge < -0.3 is 9.76 Å². The van der Waals surface area contributed by atoms with Crippen molar-refractivity contribution < 1.29 is 22.1 Å². The molecule has 0 radical (unpaired) electrons. The first kappa shape index (κ1) is 16.2. The van der Waals surface area contributed by atoms with E-state index in [-0.39, 0.29) is 0 Å². The van der Waals surface area contributed by atoms with Gasteiger partial charge in [0.05, 0.1) is 0 Å². The summed E-state index contributed by atoms with van der Waals surface area (Å²) in [5.74, 6) is 0.296. The zero-order valence-corrected chi connectivity index (χ0v) is 13.6. The van der Waals surface area contributed by atoms with Gasteiger partial charge in [-0.1, -0.05) is 12.1 Å². The van der Waals surface area contributed by atoms with Gasteiger partial charge in [-0.2, -0.15) is 0 Å². The van der Waals surface area contributed by atoms with E-state index in [9.17, 15) is 5.11 Å². The molecule has 0 heterocycles. The number of hydrogen-bond acceptors (Lipinski definition) is 2. The molecule has 88 valence electrons.